The van der Waals surface area contributed by atoms with Crippen LogP contribution in [0.2, 0.25) is 0 Å². The summed E-state index contributed by atoms with van der Waals surface area (Å²) in [6, 6.07) is 0. The smallest absolute Gasteiger partial charge is 0.108 e. The van der Waals surface area contributed by atoms with Crippen LogP contribution in [0.25, 0.3) is 0 Å². The summed E-state index contributed by atoms with van der Waals surface area (Å²) >= 11 is 0. The van der Waals surface area contributed by atoms with Gasteiger partial charge in [-0.15, -0.1) is 0 Å². The minimum atomic E-state index is -0.297. The van der Waals surface area contributed by atoms with E-state index in [1.165, 1.54) is 0 Å². The van der Waals surface area contributed by atoms with Crippen LogP contribution < -0.4 is 0 Å². The first-order chi connectivity index (χ1) is 6.55. The molecule has 0 bridgehead atoms. The summed E-state index contributed by atoms with van der Waals surface area (Å²) in [5.74, 6) is 0. The first kappa shape index (κ1) is 12.0. The zero-order valence-electron chi connectivity index (χ0n) is 9.62. The largest absolute Gasteiger partial charge is 0.379 e. The standard InChI is InChI=1S/C11H23NO2/c1-4-11(2,3)9-10(13)12-5-7-14-8-6-12/h10,13H,4-9H2,1-3H3. The van der Waals surface area contributed by atoms with Crippen LogP contribution in [-0.2, 0) is 4.74 Å². The van der Waals surface area contributed by atoms with Crippen molar-refractivity contribution in [3.8, 4) is 0 Å². The molecule has 0 amide bonds. The van der Waals surface area contributed by atoms with Gasteiger partial charge in [-0.1, -0.05) is 27.2 Å². The first-order valence-electron chi connectivity index (χ1n) is 5.55. The highest BCUT2D eigenvalue weighted by Gasteiger charge is 2.25. The topological polar surface area (TPSA) is 32.7 Å². The quantitative estimate of drug-likeness (QED) is 0.747. The molecule has 1 heterocycles. The Balaban J connectivity index is 2.36. The lowest BCUT2D eigenvalue weighted by molar-refractivity contribution is -0.0753. The number of nitrogens with zero attached hydrogens (tertiary/aromatic N) is 1. The van der Waals surface area contributed by atoms with E-state index in [0.717, 1.165) is 39.1 Å². The second-order valence-corrected chi connectivity index (χ2v) is 4.85. The van der Waals surface area contributed by atoms with Crippen LogP contribution in [0, 0.1) is 5.41 Å². The van der Waals surface area contributed by atoms with E-state index in [4.69, 9.17) is 4.74 Å². The monoisotopic (exact) mass is 201 g/mol. The summed E-state index contributed by atoms with van der Waals surface area (Å²) in [5, 5.41) is 10.0. The number of hydrogen-bond donors (Lipinski definition) is 1. The average Bonchev–Trinajstić information content (AvgIpc) is 2.19. The Kier molecular flexibility index (Phi) is 4.35. The Labute approximate surface area is 87.1 Å². The third kappa shape index (κ3) is 3.56. The highest BCUT2D eigenvalue weighted by atomic mass is 16.5. The van der Waals surface area contributed by atoms with Crippen LogP contribution in [0.4, 0.5) is 0 Å². The second kappa shape index (κ2) is 5.10. The van der Waals surface area contributed by atoms with E-state index in [0.29, 0.717) is 0 Å². The number of aliphatic hydroxyl groups is 1. The van der Waals surface area contributed by atoms with Crippen molar-refractivity contribution in [1.82, 2.24) is 4.90 Å². The molecular formula is C11H23NO2. The van der Waals surface area contributed by atoms with E-state index < -0.39 is 0 Å². The van der Waals surface area contributed by atoms with Crippen LogP contribution in [0.3, 0.4) is 0 Å². The van der Waals surface area contributed by atoms with Gasteiger partial charge in [-0.2, -0.15) is 0 Å². The van der Waals surface area contributed by atoms with E-state index in [-0.39, 0.29) is 11.6 Å². The molecule has 1 aliphatic heterocycles. The molecule has 0 radical (unpaired) electrons. The van der Waals surface area contributed by atoms with Gasteiger partial charge in [-0.3, -0.25) is 4.90 Å². The van der Waals surface area contributed by atoms with Crippen LogP contribution in [0.15, 0.2) is 0 Å². The fraction of sp³-hybridized carbons (Fsp3) is 1.00. The Hall–Kier alpha value is -0.120. The van der Waals surface area contributed by atoms with Crippen molar-refractivity contribution >= 4 is 0 Å². The molecule has 0 spiro atoms. The SMILES string of the molecule is CCC(C)(C)CC(O)N1CCOCC1. The van der Waals surface area contributed by atoms with Crippen LogP contribution in [0.1, 0.15) is 33.6 Å². The highest BCUT2D eigenvalue weighted by molar-refractivity contribution is 4.74. The molecule has 3 heteroatoms. The number of rotatable bonds is 4. The molecule has 1 rings (SSSR count). The molecule has 3 nitrogen and oxygen atoms in total. The zero-order valence-corrected chi connectivity index (χ0v) is 9.62. The van der Waals surface area contributed by atoms with Crippen molar-refractivity contribution in [3.63, 3.8) is 0 Å². The molecule has 0 aromatic heterocycles. The molecular weight excluding hydrogens is 178 g/mol. The summed E-state index contributed by atoms with van der Waals surface area (Å²) < 4.78 is 5.25. The summed E-state index contributed by atoms with van der Waals surface area (Å²) in [6.07, 6.45) is 1.66. The van der Waals surface area contributed by atoms with Gasteiger partial charge < -0.3 is 9.84 Å². The molecule has 1 unspecified atom stereocenters. The second-order valence-electron chi connectivity index (χ2n) is 4.85. The highest BCUT2D eigenvalue weighted by Crippen LogP contribution is 2.27. The lowest BCUT2D eigenvalue weighted by Gasteiger charge is -2.35. The fourth-order valence-electron chi connectivity index (χ4n) is 1.64. The van der Waals surface area contributed by atoms with Crippen molar-refractivity contribution in [2.24, 2.45) is 5.41 Å². The van der Waals surface area contributed by atoms with Crippen molar-refractivity contribution in [2.45, 2.75) is 39.8 Å². The third-order valence-electron chi connectivity index (χ3n) is 3.16. The van der Waals surface area contributed by atoms with Gasteiger partial charge in [-0.05, 0) is 11.8 Å². The molecule has 14 heavy (non-hydrogen) atoms. The maximum atomic E-state index is 10.0. The van der Waals surface area contributed by atoms with Gasteiger partial charge in [0, 0.05) is 13.1 Å². The summed E-state index contributed by atoms with van der Waals surface area (Å²) in [5.41, 5.74) is 0.234. The van der Waals surface area contributed by atoms with E-state index in [1.807, 2.05) is 0 Å². The zero-order chi connectivity index (χ0) is 10.6. The predicted molar refractivity (Wildman–Crippen MR) is 57.1 cm³/mol. The van der Waals surface area contributed by atoms with Gasteiger partial charge >= 0.3 is 0 Å². The third-order valence-corrected chi connectivity index (χ3v) is 3.16. The van der Waals surface area contributed by atoms with Crippen molar-refractivity contribution in [3.05, 3.63) is 0 Å². The van der Waals surface area contributed by atoms with E-state index in [2.05, 4.69) is 25.7 Å². The summed E-state index contributed by atoms with van der Waals surface area (Å²) in [7, 11) is 0. The van der Waals surface area contributed by atoms with E-state index in [9.17, 15) is 5.11 Å². The van der Waals surface area contributed by atoms with Gasteiger partial charge in [0.25, 0.3) is 0 Å². The Bertz CT molecular complexity index is 165. The Morgan fingerprint density at radius 3 is 2.43 bits per heavy atom. The van der Waals surface area contributed by atoms with E-state index >= 15 is 0 Å². The molecule has 0 saturated carbocycles. The molecule has 1 fully saturated rings. The predicted octanol–water partition coefficient (Wildman–Crippen LogP) is 1.46. The molecule has 1 saturated heterocycles. The maximum absolute atomic E-state index is 10.0. The lowest BCUT2D eigenvalue weighted by Crippen LogP contribution is -2.45. The number of morpholine rings is 1. The van der Waals surface area contributed by atoms with Gasteiger partial charge in [0.15, 0.2) is 0 Å². The van der Waals surface area contributed by atoms with Crippen molar-refractivity contribution in [2.75, 3.05) is 26.3 Å². The summed E-state index contributed by atoms with van der Waals surface area (Å²) in [4.78, 5) is 2.11. The number of aliphatic hydroxyl groups excluding tert-OH is 1. The minimum Gasteiger partial charge on any atom is -0.379 e. The molecule has 0 aromatic rings. The number of hydrogen-bond acceptors (Lipinski definition) is 3. The molecule has 84 valence electrons. The minimum absolute atomic E-state index is 0.234. The molecule has 0 aromatic carbocycles. The summed E-state index contributed by atoms with van der Waals surface area (Å²) in [6.45, 7) is 9.81. The normalized spacial score (nSPS) is 22.3. The molecule has 0 aliphatic carbocycles. The Morgan fingerprint density at radius 2 is 1.93 bits per heavy atom. The molecule has 1 N–H and O–H groups in total. The molecule has 1 atom stereocenters. The number of ether oxygens (including phenoxy) is 1. The van der Waals surface area contributed by atoms with Gasteiger partial charge in [0.2, 0.25) is 0 Å². The van der Waals surface area contributed by atoms with Gasteiger partial charge in [-0.25, -0.2) is 0 Å². The van der Waals surface area contributed by atoms with Crippen LogP contribution >= 0.6 is 0 Å². The first-order valence-corrected chi connectivity index (χ1v) is 5.55. The van der Waals surface area contributed by atoms with E-state index in [1.54, 1.807) is 0 Å². The molecule has 1 aliphatic rings. The Morgan fingerprint density at radius 1 is 1.36 bits per heavy atom. The maximum Gasteiger partial charge on any atom is 0.108 e. The lowest BCUT2D eigenvalue weighted by atomic mass is 9.85. The van der Waals surface area contributed by atoms with Crippen LogP contribution in [0.5, 0.6) is 0 Å². The van der Waals surface area contributed by atoms with Gasteiger partial charge in [0.1, 0.15) is 6.23 Å². The van der Waals surface area contributed by atoms with Crippen molar-refractivity contribution in [1.29, 1.82) is 0 Å². The van der Waals surface area contributed by atoms with Gasteiger partial charge in [0.05, 0.1) is 13.2 Å². The fourth-order valence-corrected chi connectivity index (χ4v) is 1.64. The average molecular weight is 201 g/mol. The van der Waals surface area contributed by atoms with Crippen LogP contribution in [-0.4, -0.2) is 42.5 Å². The van der Waals surface area contributed by atoms with Crippen molar-refractivity contribution < 1.29 is 9.84 Å².